The van der Waals surface area contributed by atoms with Gasteiger partial charge in [-0.1, -0.05) is 11.6 Å². The number of alkyl halides is 21. The van der Waals surface area contributed by atoms with Crippen molar-refractivity contribution in [1.29, 1.82) is 0 Å². The first-order chi connectivity index (χ1) is 70.3. The second kappa shape index (κ2) is 46.7. The Bertz CT molecular complexity index is 7170. The number of hydrogen-bond donors (Lipinski definition) is 4. The highest BCUT2D eigenvalue weighted by molar-refractivity contribution is 6.31. The van der Waals surface area contributed by atoms with E-state index in [9.17, 15) is 135 Å². The third kappa shape index (κ3) is 31.7. The Hall–Kier alpha value is -17.1. The molecule has 0 fully saturated rings. The van der Waals surface area contributed by atoms with Crippen molar-refractivity contribution in [2.75, 3.05) is 49.6 Å². The number of rotatable bonds is 29. The van der Waals surface area contributed by atoms with Crippen molar-refractivity contribution in [2.45, 2.75) is 71.9 Å². The van der Waals surface area contributed by atoms with Gasteiger partial charge in [0.15, 0.2) is 98.1 Å². The number of methoxy groups -OCH3 is 4. The van der Waals surface area contributed by atoms with E-state index in [0.29, 0.717) is 66.7 Å². The lowest BCUT2D eigenvalue weighted by Gasteiger charge is -2.18. The Kier molecular flexibility index (Phi) is 33.0. The highest BCUT2D eigenvalue weighted by Gasteiger charge is 2.43. The molecule has 8 aromatic carbocycles. The normalized spacial score (nSPS) is 12.2. The number of Topliss-reactive ketones (excluding diaryl/α,β-unsaturated/α-hetero) is 4. The van der Waals surface area contributed by atoms with Gasteiger partial charge >= 0.3 is 44.2 Å². The van der Waals surface area contributed by atoms with Crippen LogP contribution in [0.3, 0.4) is 0 Å². The van der Waals surface area contributed by atoms with Gasteiger partial charge in [-0.05, 0) is 146 Å². The second-order valence-corrected chi connectivity index (χ2v) is 28.4. The summed E-state index contributed by atoms with van der Waals surface area (Å²) in [6, 6.07) is 23.7. The molecule has 4 amide bonds. The van der Waals surface area contributed by atoms with E-state index < -0.39 is 225 Å². The third-order valence-corrected chi connectivity index (χ3v) is 18.0. The molecular weight excluding hydrogens is 2050 g/mol. The number of carbonyl (C=O) groups excluding carboxylic acids is 8. The maximum Gasteiger partial charge on any atom is 0.573 e. The van der Waals surface area contributed by atoms with Crippen LogP contribution in [0.15, 0.2) is 195 Å². The van der Waals surface area contributed by atoms with Crippen LogP contribution < -0.4 is 82.8 Å². The number of hydrogen-bond acceptors (Lipinski definition) is 25. The van der Waals surface area contributed by atoms with Gasteiger partial charge in [-0.3, -0.25) is 58.3 Å². The smallest absolute Gasteiger partial charge is 0.493 e. The van der Waals surface area contributed by atoms with Crippen LogP contribution in [-0.2, 0) is 12.4 Å². The summed E-state index contributed by atoms with van der Waals surface area (Å²) in [7, 11) is -4.28. The number of carbonyl (C=O) groups is 8. The molecule has 0 aliphatic heterocycles. The minimum absolute atomic E-state index is 0.0757. The van der Waals surface area contributed by atoms with E-state index in [1.54, 1.807) is 0 Å². The molecule has 12 rings (SSSR count). The average molecular weight is 2120 g/mol. The fourth-order valence-electron chi connectivity index (χ4n) is 11.6. The van der Waals surface area contributed by atoms with Gasteiger partial charge in [0, 0.05) is 99.5 Å². The van der Waals surface area contributed by atoms with Crippen LogP contribution in [0.4, 0.5) is 133 Å². The summed E-state index contributed by atoms with van der Waals surface area (Å²) in [5.74, 6) is -25.8. The van der Waals surface area contributed by atoms with Crippen LogP contribution in [0.25, 0.3) is 0 Å². The highest BCUT2D eigenvalue weighted by atomic mass is 35.5. The van der Waals surface area contributed by atoms with Gasteiger partial charge in [0.1, 0.15) is 91.0 Å². The largest absolute Gasteiger partial charge is 0.573 e. The van der Waals surface area contributed by atoms with Crippen molar-refractivity contribution in [2.24, 2.45) is 0 Å². The molecule has 0 bridgehead atoms. The quantitative estimate of drug-likeness (QED) is 0.0250. The summed E-state index contributed by atoms with van der Waals surface area (Å²) in [5.41, 5.74) is -8.40. The number of halogens is 26. The Balaban J connectivity index is 0.000000225. The number of pyridine rings is 4. The van der Waals surface area contributed by atoms with E-state index in [-0.39, 0.29) is 91.1 Å². The van der Waals surface area contributed by atoms with Crippen molar-refractivity contribution in [3.05, 3.63) is 279 Å². The van der Waals surface area contributed by atoms with Gasteiger partial charge in [0.2, 0.25) is 0 Å². The zero-order valence-electron chi connectivity index (χ0n) is 79.2. The van der Waals surface area contributed by atoms with Crippen molar-refractivity contribution < 1.29 is 218 Å². The van der Waals surface area contributed by atoms with Crippen molar-refractivity contribution in [3.63, 3.8) is 0 Å². The number of ether oxygens (including phenoxy) is 13. The zero-order chi connectivity index (χ0) is 113. The lowest BCUT2D eigenvalue weighted by atomic mass is 10.1. The van der Waals surface area contributed by atoms with Crippen LogP contribution in [0, 0.1) is 23.3 Å². The minimum atomic E-state index is -5.38. The Morgan fingerprint density at radius 1 is 0.274 bits per heavy atom. The number of benzene rings is 8. The van der Waals surface area contributed by atoms with E-state index in [1.807, 2.05) is 0 Å². The van der Waals surface area contributed by atoms with Gasteiger partial charge in [-0.2, -0.15) is 26.3 Å². The molecule has 0 aliphatic carbocycles. The van der Waals surface area contributed by atoms with Gasteiger partial charge in [-0.25, -0.2) is 17.6 Å². The Morgan fingerprint density at radius 3 is 0.740 bits per heavy atom. The van der Waals surface area contributed by atoms with Crippen molar-refractivity contribution >= 4 is 81.1 Å². The molecule has 0 spiro atoms. The molecule has 4 aromatic heterocycles. The molecule has 0 saturated heterocycles. The maximum absolute atomic E-state index is 15.2. The number of anilines is 4. The van der Waals surface area contributed by atoms with Crippen molar-refractivity contribution in [3.8, 4) is 97.7 Å². The summed E-state index contributed by atoms with van der Waals surface area (Å²) in [6.07, 6.45) is -31.5. The maximum atomic E-state index is 15.2. The van der Waals surface area contributed by atoms with E-state index >= 15 is 13.2 Å². The summed E-state index contributed by atoms with van der Waals surface area (Å²) in [6.45, 7) is 4.78. The van der Waals surface area contributed by atoms with E-state index in [1.165, 1.54) is 57.5 Å². The predicted octanol–water partition coefficient (Wildman–Crippen LogP) is 25.1. The molecule has 0 saturated carbocycles. The summed E-state index contributed by atoms with van der Waals surface area (Å²) in [4.78, 5) is 113. The lowest BCUT2D eigenvalue weighted by molar-refractivity contribution is -0.276. The first-order valence-electron chi connectivity index (χ1n) is 42.1. The van der Waals surface area contributed by atoms with Gasteiger partial charge in [0.25, 0.3) is 23.6 Å². The molecule has 55 heteroatoms. The highest BCUT2D eigenvalue weighted by Crippen LogP contribution is 2.48. The van der Waals surface area contributed by atoms with Crippen LogP contribution in [0.2, 0.25) is 5.02 Å². The van der Waals surface area contributed by atoms with Gasteiger partial charge in [-0.15, -0.1) is 65.9 Å². The summed E-state index contributed by atoms with van der Waals surface area (Å²) < 4.78 is 432. The van der Waals surface area contributed by atoms with Crippen molar-refractivity contribution in [1.82, 2.24) is 19.9 Å². The molecule has 12 aromatic rings. The first-order valence-corrected chi connectivity index (χ1v) is 39.5. The number of amides is 4. The average Bonchev–Trinajstić information content (AvgIpc) is 0.786. The fraction of sp³-hybridized carbons (Fsp3) is 0.165. The summed E-state index contributed by atoms with van der Waals surface area (Å²) >= 11 is 5.83. The van der Waals surface area contributed by atoms with E-state index in [4.69, 9.17) is 48.2 Å². The first kappa shape index (κ1) is 103. The number of ketones is 4. The molecule has 4 N–H and O–H groups in total. The molecule has 0 aliphatic rings. The molecule has 772 valence electrons. The Labute approximate surface area is 814 Å². The Morgan fingerprint density at radius 2 is 0.500 bits per heavy atom. The second-order valence-electron chi connectivity index (χ2n) is 28.0. The zero-order valence-corrected chi connectivity index (χ0v) is 73.9. The molecule has 4 heterocycles. The monoisotopic (exact) mass is 2120 g/mol. The topological polar surface area (TPSA) is 356 Å². The number of aromatic nitrogens is 4. The van der Waals surface area contributed by atoms with Gasteiger partial charge < -0.3 is 82.8 Å². The van der Waals surface area contributed by atoms with Crippen LogP contribution in [0.1, 0.15) is 130 Å². The van der Waals surface area contributed by atoms with Gasteiger partial charge in [0.05, 0.1) is 52.7 Å². The molecule has 0 radical (unpaired) electrons. The van der Waals surface area contributed by atoms with Crippen LogP contribution in [-0.4, -0.2) is 127 Å². The molecular formula is C91H60ClF25N8O21. The fourth-order valence-corrected chi connectivity index (χ4v) is 11.8. The number of nitrogens with zero attached hydrogens (tertiary/aromatic N) is 4. The molecule has 0 atom stereocenters. The molecule has 0 unspecified atom stereocenters. The minimum Gasteiger partial charge on any atom is -0.493 e. The SMILES string of the molecule is COc1cc(OC(F)(F)F)ccc1Oc1ccc(C(F)(F)F)c(F)c1C(=O)Nc1ccnc(C(C)=O)c1.COc1cc(OC(F)(F)F)ccc1Oc1ccc(Cl)c(F)c1C(=O)Nc1ccnc(C(C)=O)c1.[2H]C([2H])([2H])Oc1cc(OC(F)(F)F)ccc1Oc1ccc(C(F)(F)F)c(F)c1C(=O)Nc1ccnc(C(C)=O)c1.[2H]C([2H])([2H])Oc1cc(OC(F)(F)F)ccc1Oc1ccc(OC(F)(F)F)c(F)c1C(=O)Nc1ccnc(C(C)=O)c1. The third-order valence-electron chi connectivity index (χ3n) is 17.7. The molecule has 146 heavy (non-hydrogen) atoms. The van der Waals surface area contributed by atoms with Crippen LogP contribution >= 0.6 is 11.6 Å². The van der Waals surface area contributed by atoms with E-state index in [2.05, 4.69) is 74.4 Å². The lowest BCUT2D eigenvalue weighted by Crippen LogP contribution is -2.20. The predicted molar refractivity (Wildman–Crippen MR) is 455 cm³/mol. The van der Waals surface area contributed by atoms with E-state index in [0.717, 1.165) is 106 Å². The summed E-state index contributed by atoms with van der Waals surface area (Å²) in [5, 5.41) is 8.46. The number of nitrogens with one attached hydrogen (secondary N) is 4. The standard InChI is InChI=1S/C23H15F7N2O6.2C23H15F7N2O5.C22H15ClF4N2O5/c1-11(33)14-9-12(7-8-31-14)32-21(34)19-16(5-6-17(20(19)24)38-23(28,29)30)36-15-4-3-13(10-18(15)35-2)37-22(25,26)27;2*1-11(33)15-9-12(7-8-31-15)32-21(34)19-17(6-4-14(20(19)24)22(25,26)27)36-16-5-3-13(10-18(16)35-2)37-23(28,29)30;1-11(30)15-9-12(7-8-28-15)29-21(31)19-17(6-4-14(23)20(19)24)33-16-5-3-13(10-18(16)32-2)34-22(25,26)27/h3-10H,1-2H3,(H,31,32,34);2*3-10H,1-2H3,(H,31,32,34);3-10H,1-2H3,(H,28,29,31)/i2*2D3;;. The van der Waals surface area contributed by atoms with Crippen LogP contribution in [0.5, 0.6) is 97.7 Å². The molecule has 29 nitrogen and oxygen atoms in total.